The maximum atomic E-state index is 15.0. The van der Waals surface area contributed by atoms with E-state index < -0.39 is 61.0 Å². The number of carbonyl (C=O) groups is 2. The Morgan fingerprint density at radius 1 is 1.31 bits per heavy atom. The highest BCUT2D eigenvalue weighted by Crippen LogP contribution is 2.35. The number of benzene rings is 1. The quantitative estimate of drug-likeness (QED) is 0.244. The second kappa shape index (κ2) is 9.54. The number of halogens is 3. The van der Waals surface area contributed by atoms with E-state index >= 15 is 4.39 Å². The van der Waals surface area contributed by atoms with Crippen LogP contribution in [0.5, 0.6) is 0 Å². The largest absolute Gasteiger partial charge is 0.479 e. The maximum Gasteiger partial charge on any atom is 0.348 e. The number of nitrogens with zero attached hydrogens (tertiary/aromatic N) is 4. The molecule has 1 saturated heterocycles. The molecule has 4 rings (SSSR count). The monoisotopic (exact) mass is 527 g/mol. The second-order valence-corrected chi connectivity index (χ2v) is 8.55. The van der Waals surface area contributed by atoms with Crippen molar-refractivity contribution >= 4 is 40.5 Å². The van der Waals surface area contributed by atoms with Crippen molar-refractivity contribution in [3.63, 3.8) is 0 Å². The fourth-order valence-corrected chi connectivity index (χ4v) is 4.01. The van der Waals surface area contributed by atoms with Gasteiger partial charge in [0.1, 0.15) is 23.5 Å². The molecule has 12 nitrogen and oxygen atoms in total. The first-order valence-corrected chi connectivity index (χ1v) is 10.8. The fourth-order valence-electron chi connectivity index (χ4n) is 3.84. The minimum Gasteiger partial charge on any atom is -0.479 e. The van der Waals surface area contributed by atoms with Crippen LogP contribution in [0.2, 0.25) is 5.28 Å². The number of aliphatic carboxylic acids is 2. The predicted molar refractivity (Wildman–Crippen MR) is 118 cm³/mol. The van der Waals surface area contributed by atoms with Gasteiger partial charge in [0.25, 0.3) is 5.60 Å². The van der Waals surface area contributed by atoms with Gasteiger partial charge in [-0.1, -0.05) is 12.1 Å². The number of anilines is 1. The van der Waals surface area contributed by atoms with E-state index in [2.05, 4.69) is 15.0 Å². The number of nitrogens with two attached hydrogens (primary N) is 1. The zero-order chi connectivity index (χ0) is 26.4. The van der Waals surface area contributed by atoms with E-state index in [-0.39, 0.29) is 33.4 Å². The number of rotatable bonds is 8. The number of nitrogen functional groups attached to an aromatic ring is 1. The molecule has 0 aliphatic carbocycles. The molecule has 5 N–H and O–H groups in total. The molecule has 1 aliphatic rings. The Hall–Kier alpha value is -3.46. The summed E-state index contributed by atoms with van der Waals surface area (Å²) in [6.45, 7) is 0.660. The van der Waals surface area contributed by atoms with Crippen molar-refractivity contribution in [1.29, 1.82) is 0 Å². The molecule has 0 amide bonds. The molecule has 2 aromatic heterocycles. The normalized spacial score (nSPS) is 22.2. The molecular weight excluding hydrogens is 508 g/mol. The van der Waals surface area contributed by atoms with Crippen LogP contribution >= 0.6 is 11.6 Å². The molecule has 1 fully saturated rings. The van der Waals surface area contributed by atoms with Gasteiger partial charge in [-0.15, -0.1) is 0 Å². The highest BCUT2D eigenvalue weighted by Gasteiger charge is 2.52. The van der Waals surface area contributed by atoms with E-state index in [0.29, 0.717) is 0 Å². The summed E-state index contributed by atoms with van der Waals surface area (Å²) in [5.41, 5.74) is 3.30. The van der Waals surface area contributed by atoms with Crippen molar-refractivity contribution in [2.24, 2.45) is 0 Å². The molecule has 0 spiro atoms. The minimum absolute atomic E-state index is 0.0146. The van der Waals surface area contributed by atoms with E-state index in [1.807, 2.05) is 0 Å². The molecule has 0 saturated carbocycles. The van der Waals surface area contributed by atoms with Gasteiger partial charge in [-0.3, -0.25) is 4.57 Å². The number of carboxylic acids is 2. The Bertz CT molecular complexity index is 1330. The summed E-state index contributed by atoms with van der Waals surface area (Å²) in [6.07, 6.45) is -6.49. The Balaban J connectivity index is 1.58. The first-order valence-electron chi connectivity index (χ1n) is 10.4. The van der Waals surface area contributed by atoms with Crippen LogP contribution in [0.25, 0.3) is 11.2 Å². The smallest absolute Gasteiger partial charge is 0.348 e. The predicted octanol–water partition coefficient (Wildman–Crippen LogP) is 1.27. The lowest BCUT2D eigenvalue weighted by atomic mass is 9.93. The lowest BCUT2D eigenvalue weighted by Crippen LogP contribution is -2.52. The molecule has 3 aromatic rings. The summed E-state index contributed by atoms with van der Waals surface area (Å²) in [7, 11) is 0. The van der Waals surface area contributed by atoms with Crippen molar-refractivity contribution in [2.75, 3.05) is 12.3 Å². The first kappa shape index (κ1) is 25.6. The number of aryl methyl sites for hydroxylation is 1. The molecule has 3 heterocycles. The summed E-state index contributed by atoms with van der Waals surface area (Å²) in [4.78, 5) is 35.7. The van der Waals surface area contributed by atoms with Crippen molar-refractivity contribution in [3.8, 4) is 0 Å². The number of aliphatic hydroxyl groups is 1. The number of fused-ring (bicyclic) bond motifs is 1. The van der Waals surface area contributed by atoms with Crippen LogP contribution in [0.3, 0.4) is 0 Å². The molecule has 1 aromatic carbocycles. The summed E-state index contributed by atoms with van der Waals surface area (Å²) < 4.78 is 40.9. The van der Waals surface area contributed by atoms with Crippen molar-refractivity contribution < 1.29 is 43.2 Å². The number of aromatic nitrogens is 4. The van der Waals surface area contributed by atoms with Crippen LogP contribution in [0, 0.1) is 12.7 Å². The van der Waals surface area contributed by atoms with E-state index in [1.54, 1.807) is 0 Å². The average molecular weight is 528 g/mol. The van der Waals surface area contributed by atoms with Gasteiger partial charge in [0.2, 0.25) is 5.28 Å². The lowest BCUT2D eigenvalue weighted by Gasteiger charge is -2.27. The maximum absolute atomic E-state index is 15.0. The number of imidazole rings is 1. The van der Waals surface area contributed by atoms with E-state index in [0.717, 1.165) is 17.0 Å². The van der Waals surface area contributed by atoms with Gasteiger partial charge < -0.3 is 30.5 Å². The highest BCUT2D eigenvalue weighted by atomic mass is 35.5. The number of hydrogen-bond acceptors (Lipinski definition) is 9. The zero-order valence-corrected chi connectivity index (χ0v) is 19.3. The highest BCUT2D eigenvalue weighted by molar-refractivity contribution is 6.28. The van der Waals surface area contributed by atoms with Gasteiger partial charge >= 0.3 is 11.9 Å². The van der Waals surface area contributed by atoms with Gasteiger partial charge in [-0.2, -0.15) is 9.97 Å². The third-order valence-corrected chi connectivity index (χ3v) is 6.03. The van der Waals surface area contributed by atoms with Crippen molar-refractivity contribution in [2.45, 2.75) is 43.6 Å². The Morgan fingerprint density at radius 2 is 2.00 bits per heavy atom. The molecule has 0 radical (unpaired) electrons. The number of aliphatic hydroxyl groups excluding tert-OH is 1. The molecule has 36 heavy (non-hydrogen) atoms. The SMILES string of the molecule is Cc1ccc(CC(OC[C@H]2O[C@@H](n3cnc4c(N)nc(Cl)nc43)[C@@H](F)[C@@H]2O)(C(=O)O)C(=O)O)cc1F. The zero-order valence-electron chi connectivity index (χ0n) is 18.5. The number of carboxylic acid groups (broad SMARTS) is 2. The van der Waals surface area contributed by atoms with Crippen LogP contribution < -0.4 is 5.73 Å². The summed E-state index contributed by atoms with van der Waals surface area (Å²) >= 11 is 5.82. The number of hydrogen-bond donors (Lipinski definition) is 4. The van der Waals surface area contributed by atoms with Crippen LogP contribution in [-0.4, -0.2) is 77.4 Å². The van der Waals surface area contributed by atoms with E-state index in [9.17, 15) is 29.3 Å². The summed E-state index contributed by atoms with van der Waals surface area (Å²) in [5.74, 6) is -4.48. The number of alkyl halides is 1. The van der Waals surface area contributed by atoms with Crippen LogP contribution in [0.4, 0.5) is 14.6 Å². The Labute approximate surface area is 206 Å². The van der Waals surface area contributed by atoms with Gasteiger partial charge in [0.15, 0.2) is 23.9 Å². The molecule has 0 bridgehead atoms. The molecular formula is C21H20ClF2N5O7. The van der Waals surface area contributed by atoms with Gasteiger partial charge in [-0.05, 0) is 35.7 Å². The van der Waals surface area contributed by atoms with Gasteiger partial charge in [0.05, 0.1) is 12.9 Å². The third-order valence-electron chi connectivity index (χ3n) is 5.86. The van der Waals surface area contributed by atoms with Crippen LogP contribution in [0.15, 0.2) is 24.5 Å². The summed E-state index contributed by atoms with van der Waals surface area (Å²) in [5, 5.41) is 29.6. The molecule has 15 heteroatoms. The van der Waals surface area contributed by atoms with Crippen molar-refractivity contribution in [3.05, 3.63) is 46.8 Å². The Morgan fingerprint density at radius 3 is 2.64 bits per heavy atom. The standard InChI is InChI=1S/C21H20ClF2N5O7/c1-8-2-3-9(4-10(8)23)5-21(18(31)32,19(33)34)35-6-11-14(30)12(24)17(36-11)29-7-26-13-15(25)27-20(22)28-16(13)29/h2-4,7,11-12,14,17,30H,5-6H2,1H3,(H,31,32)(H,33,34)(H2,25,27,28)/t11-,12+,14-,17-/m1/s1. The number of ether oxygens (including phenoxy) is 2. The Kier molecular flexibility index (Phi) is 6.79. The van der Waals surface area contributed by atoms with Gasteiger partial charge in [-0.25, -0.2) is 23.4 Å². The molecule has 4 atom stereocenters. The first-order chi connectivity index (χ1) is 16.9. The second-order valence-electron chi connectivity index (χ2n) is 8.21. The van der Waals surface area contributed by atoms with Crippen LogP contribution in [0.1, 0.15) is 17.4 Å². The summed E-state index contributed by atoms with van der Waals surface area (Å²) in [6, 6.07) is 3.72. The topological polar surface area (TPSA) is 183 Å². The van der Waals surface area contributed by atoms with E-state index in [4.69, 9.17) is 26.8 Å². The molecule has 192 valence electrons. The van der Waals surface area contributed by atoms with Crippen molar-refractivity contribution in [1.82, 2.24) is 19.5 Å². The third kappa shape index (κ3) is 4.43. The van der Waals surface area contributed by atoms with Crippen LogP contribution in [-0.2, 0) is 25.5 Å². The van der Waals surface area contributed by atoms with Gasteiger partial charge in [0, 0.05) is 6.42 Å². The molecule has 1 aliphatic heterocycles. The van der Waals surface area contributed by atoms with E-state index in [1.165, 1.54) is 19.1 Å². The average Bonchev–Trinajstić information content (AvgIpc) is 3.34. The minimum atomic E-state index is -2.87. The lowest BCUT2D eigenvalue weighted by molar-refractivity contribution is -0.190. The molecule has 0 unspecified atom stereocenters. The fraction of sp³-hybridized carbons (Fsp3) is 0.381.